The molecular formula is C15H26N2O6S2. The highest BCUT2D eigenvalue weighted by atomic mass is 32.2. The molecule has 2 amide bonds. The van der Waals surface area contributed by atoms with Crippen LogP contribution in [0, 0.1) is 0 Å². The first kappa shape index (κ1) is 20.2. The maximum Gasteiger partial charge on any atom is 0.232 e. The van der Waals surface area contributed by atoms with Gasteiger partial charge in [-0.05, 0) is 26.7 Å². The first-order valence-electron chi connectivity index (χ1n) is 8.58. The maximum atomic E-state index is 12.5. The molecule has 0 spiro atoms. The molecule has 0 aromatic rings. The van der Waals surface area contributed by atoms with Crippen molar-refractivity contribution in [3.8, 4) is 0 Å². The van der Waals surface area contributed by atoms with Crippen LogP contribution in [0.3, 0.4) is 0 Å². The van der Waals surface area contributed by atoms with Gasteiger partial charge in [-0.15, -0.1) is 0 Å². The van der Waals surface area contributed by atoms with Crippen molar-refractivity contribution in [1.29, 1.82) is 0 Å². The van der Waals surface area contributed by atoms with Crippen LogP contribution in [-0.4, -0.2) is 86.6 Å². The van der Waals surface area contributed by atoms with Crippen LogP contribution in [-0.2, 0) is 29.3 Å². The predicted octanol–water partition coefficient (Wildman–Crippen LogP) is -0.552. The van der Waals surface area contributed by atoms with Crippen LogP contribution >= 0.6 is 0 Å². The molecular weight excluding hydrogens is 368 g/mol. The summed E-state index contributed by atoms with van der Waals surface area (Å²) in [6.45, 7) is 4.20. The Morgan fingerprint density at radius 1 is 0.800 bits per heavy atom. The highest BCUT2D eigenvalue weighted by Gasteiger charge is 2.37. The van der Waals surface area contributed by atoms with Gasteiger partial charge in [-0.3, -0.25) is 9.59 Å². The molecule has 2 aliphatic heterocycles. The van der Waals surface area contributed by atoms with Gasteiger partial charge in [0.05, 0.1) is 23.0 Å². The van der Waals surface area contributed by atoms with Crippen LogP contribution in [0.15, 0.2) is 0 Å². The van der Waals surface area contributed by atoms with Gasteiger partial charge in [-0.2, -0.15) is 0 Å². The molecule has 2 unspecified atom stereocenters. The van der Waals surface area contributed by atoms with Crippen LogP contribution in [0.2, 0.25) is 0 Å². The number of carbonyl (C=O) groups excluding carboxylic acids is 2. The SMILES string of the molecule is CCN(C(=O)CC(=O)N(CC)C1CCS(=O)(=O)C1)C1CCS(=O)(=O)C1. The molecule has 8 nitrogen and oxygen atoms in total. The van der Waals surface area contributed by atoms with E-state index < -0.39 is 31.5 Å². The van der Waals surface area contributed by atoms with Crippen molar-refractivity contribution in [3.05, 3.63) is 0 Å². The Labute approximate surface area is 149 Å². The topological polar surface area (TPSA) is 109 Å². The second kappa shape index (κ2) is 7.61. The minimum absolute atomic E-state index is 0.0564. The number of hydrogen-bond donors (Lipinski definition) is 0. The van der Waals surface area contributed by atoms with E-state index in [1.54, 1.807) is 13.8 Å². The molecule has 144 valence electrons. The summed E-state index contributed by atoms with van der Waals surface area (Å²) >= 11 is 0. The zero-order valence-electron chi connectivity index (χ0n) is 14.7. The molecule has 2 rings (SSSR count). The van der Waals surface area contributed by atoms with Gasteiger partial charge in [0.2, 0.25) is 11.8 Å². The van der Waals surface area contributed by atoms with E-state index in [2.05, 4.69) is 0 Å². The van der Waals surface area contributed by atoms with Gasteiger partial charge in [0.25, 0.3) is 0 Å². The van der Waals surface area contributed by atoms with Gasteiger partial charge < -0.3 is 9.80 Å². The lowest BCUT2D eigenvalue weighted by Gasteiger charge is -2.30. The van der Waals surface area contributed by atoms with E-state index in [1.807, 2.05) is 0 Å². The molecule has 2 aliphatic rings. The third kappa shape index (κ3) is 4.93. The monoisotopic (exact) mass is 394 g/mol. The van der Waals surface area contributed by atoms with Crippen molar-refractivity contribution in [1.82, 2.24) is 9.80 Å². The van der Waals surface area contributed by atoms with Gasteiger partial charge in [-0.25, -0.2) is 16.8 Å². The Morgan fingerprint density at radius 3 is 1.40 bits per heavy atom. The molecule has 2 heterocycles. The second-order valence-corrected chi connectivity index (χ2v) is 11.1. The lowest BCUT2D eigenvalue weighted by molar-refractivity contribution is -0.142. The summed E-state index contributed by atoms with van der Waals surface area (Å²) < 4.78 is 46.5. The van der Waals surface area contributed by atoms with Crippen molar-refractivity contribution >= 4 is 31.5 Å². The van der Waals surface area contributed by atoms with Crippen LogP contribution in [0.25, 0.3) is 0 Å². The van der Waals surface area contributed by atoms with Crippen LogP contribution < -0.4 is 0 Å². The Bertz CT molecular complexity index is 669. The number of amides is 2. The molecule has 0 aromatic heterocycles. The average Bonchev–Trinajstić information content (AvgIpc) is 3.03. The molecule has 2 saturated heterocycles. The predicted molar refractivity (Wildman–Crippen MR) is 93.5 cm³/mol. The number of hydrogen-bond acceptors (Lipinski definition) is 6. The first-order chi connectivity index (χ1) is 11.6. The molecule has 0 aliphatic carbocycles. The molecule has 0 saturated carbocycles. The van der Waals surface area contributed by atoms with Crippen molar-refractivity contribution in [3.63, 3.8) is 0 Å². The number of sulfone groups is 2. The molecule has 2 fully saturated rings. The van der Waals surface area contributed by atoms with Crippen molar-refractivity contribution < 1.29 is 26.4 Å². The fourth-order valence-corrected chi connectivity index (χ4v) is 7.11. The minimum Gasteiger partial charge on any atom is -0.338 e. The molecule has 0 aromatic carbocycles. The summed E-state index contributed by atoms with van der Waals surface area (Å²) in [7, 11) is -6.23. The van der Waals surface area contributed by atoms with Gasteiger partial charge in [0.1, 0.15) is 6.42 Å². The van der Waals surface area contributed by atoms with Crippen LogP contribution in [0.5, 0.6) is 0 Å². The molecule has 0 radical (unpaired) electrons. The largest absolute Gasteiger partial charge is 0.338 e. The molecule has 0 bridgehead atoms. The lowest BCUT2D eigenvalue weighted by atomic mass is 10.1. The van der Waals surface area contributed by atoms with Gasteiger partial charge in [0, 0.05) is 25.2 Å². The highest BCUT2D eigenvalue weighted by molar-refractivity contribution is 7.91. The number of nitrogens with zero attached hydrogens (tertiary/aromatic N) is 2. The molecule has 10 heteroatoms. The van der Waals surface area contributed by atoms with Crippen molar-refractivity contribution in [2.45, 2.75) is 45.2 Å². The van der Waals surface area contributed by atoms with Gasteiger partial charge in [0.15, 0.2) is 19.7 Å². The number of carbonyl (C=O) groups is 2. The van der Waals surface area contributed by atoms with Crippen LogP contribution in [0.4, 0.5) is 0 Å². The summed E-state index contributed by atoms with van der Waals surface area (Å²) in [5.74, 6) is -0.770. The Kier molecular flexibility index (Phi) is 6.13. The summed E-state index contributed by atoms with van der Waals surface area (Å²) in [5, 5.41) is 0. The van der Waals surface area contributed by atoms with Gasteiger partial charge >= 0.3 is 0 Å². The Hall–Kier alpha value is -1.16. The standard InChI is InChI=1S/C15H26N2O6S2/c1-3-16(12-5-7-24(20,21)10-12)14(18)9-15(19)17(4-2)13-6-8-25(22,23)11-13/h12-13H,3-11H2,1-2H3. The maximum absolute atomic E-state index is 12.5. The van der Waals surface area contributed by atoms with E-state index in [4.69, 9.17) is 0 Å². The van der Waals surface area contributed by atoms with E-state index in [9.17, 15) is 26.4 Å². The second-order valence-electron chi connectivity index (χ2n) is 6.65. The molecule has 2 atom stereocenters. The minimum atomic E-state index is -3.12. The average molecular weight is 395 g/mol. The highest BCUT2D eigenvalue weighted by Crippen LogP contribution is 2.21. The fraction of sp³-hybridized carbons (Fsp3) is 0.867. The van der Waals surface area contributed by atoms with E-state index in [0.717, 1.165) is 0 Å². The van der Waals surface area contributed by atoms with Crippen molar-refractivity contribution in [2.24, 2.45) is 0 Å². The lowest BCUT2D eigenvalue weighted by Crippen LogP contribution is -2.46. The zero-order chi connectivity index (χ0) is 18.8. The fourth-order valence-electron chi connectivity index (χ4n) is 3.65. The normalized spacial score (nSPS) is 27.1. The Balaban J connectivity index is 2.01. The van der Waals surface area contributed by atoms with Crippen LogP contribution in [0.1, 0.15) is 33.1 Å². The van der Waals surface area contributed by atoms with E-state index >= 15 is 0 Å². The summed E-state index contributed by atoms with van der Waals surface area (Å²) in [6, 6.07) is -0.755. The number of rotatable bonds is 6. The van der Waals surface area contributed by atoms with E-state index in [1.165, 1.54) is 9.80 Å². The molecule has 25 heavy (non-hydrogen) atoms. The smallest absolute Gasteiger partial charge is 0.232 e. The summed E-state index contributed by atoms with van der Waals surface area (Å²) in [6.07, 6.45) is 0.442. The Morgan fingerprint density at radius 2 is 1.16 bits per heavy atom. The van der Waals surface area contributed by atoms with E-state index in [0.29, 0.717) is 25.9 Å². The quantitative estimate of drug-likeness (QED) is 0.559. The third-order valence-corrected chi connectivity index (χ3v) is 8.42. The zero-order valence-corrected chi connectivity index (χ0v) is 16.3. The van der Waals surface area contributed by atoms with Gasteiger partial charge in [-0.1, -0.05) is 0 Å². The summed E-state index contributed by atoms with van der Waals surface area (Å²) in [5.41, 5.74) is 0. The third-order valence-electron chi connectivity index (χ3n) is 4.92. The van der Waals surface area contributed by atoms with Crippen molar-refractivity contribution in [2.75, 3.05) is 36.1 Å². The summed E-state index contributed by atoms with van der Waals surface area (Å²) in [4.78, 5) is 27.9. The first-order valence-corrected chi connectivity index (χ1v) is 12.2. The molecule has 0 N–H and O–H groups in total. The van der Waals surface area contributed by atoms with E-state index in [-0.39, 0.29) is 41.5 Å².